The van der Waals surface area contributed by atoms with Gasteiger partial charge in [-0.3, -0.25) is 4.79 Å². The van der Waals surface area contributed by atoms with Crippen LogP contribution in [-0.4, -0.2) is 24.6 Å². The Morgan fingerprint density at radius 3 is 2.67 bits per heavy atom. The standard InChI is InChI=1S/C17H15ClINO4/c1-11(24-13-6-4-5-12(18)9-13)17(22)23-10-16(21)20-15-8-3-2-7-14(15)19/h2-9,11H,10H2,1H3,(H,20,21). The highest BCUT2D eigenvalue weighted by atomic mass is 127. The zero-order valence-corrected chi connectivity index (χ0v) is 15.7. The summed E-state index contributed by atoms with van der Waals surface area (Å²) in [5.41, 5.74) is 0.669. The molecule has 24 heavy (non-hydrogen) atoms. The van der Waals surface area contributed by atoms with Crippen LogP contribution in [0.3, 0.4) is 0 Å². The minimum atomic E-state index is -0.854. The Bertz CT molecular complexity index is 738. The third-order valence-electron chi connectivity index (χ3n) is 2.93. The van der Waals surface area contributed by atoms with E-state index < -0.39 is 18.0 Å². The number of nitrogens with one attached hydrogen (secondary N) is 1. The van der Waals surface area contributed by atoms with Crippen LogP contribution in [0.5, 0.6) is 5.75 Å². The van der Waals surface area contributed by atoms with Gasteiger partial charge < -0.3 is 14.8 Å². The highest BCUT2D eigenvalue weighted by Gasteiger charge is 2.18. The number of para-hydroxylation sites is 1. The summed E-state index contributed by atoms with van der Waals surface area (Å²) in [6.45, 7) is 1.16. The largest absolute Gasteiger partial charge is 0.479 e. The van der Waals surface area contributed by atoms with Crippen LogP contribution in [0.25, 0.3) is 0 Å². The van der Waals surface area contributed by atoms with Crippen molar-refractivity contribution in [1.29, 1.82) is 0 Å². The minimum Gasteiger partial charge on any atom is -0.479 e. The van der Waals surface area contributed by atoms with E-state index in [0.717, 1.165) is 3.57 Å². The topological polar surface area (TPSA) is 64.6 Å². The number of rotatable bonds is 6. The fourth-order valence-corrected chi connectivity index (χ4v) is 2.50. The van der Waals surface area contributed by atoms with Gasteiger partial charge in [-0.15, -0.1) is 0 Å². The highest BCUT2D eigenvalue weighted by Crippen LogP contribution is 2.19. The van der Waals surface area contributed by atoms with Crippen molar-refractivity contribution in [2.45, 2.75) is 13.0 Å². The summed E-state index contributed by atoms with van der Waals surface area (Å²) in [6, 6.07) is 14.0. The third-order valence-corrected chi connectivity index (χ3v) is 4.11. The molecule has 0 aromatic heterocycles. The number of carbonyl (C=O) groups excluding carboxylic acids is 2. The number of esters is 1. The average Bonchev–Trinajstić information content (AvgIpc) is 2.54. The van der Waals surface area contributed by atoms with Crippen molar-refractivity contribution < 1.29 is 19.1 Å². The maximum absolute atomic E-state index is 11.9. The SMILES string of the molecule is CC(Oc1cccc(Cl)c1)C(=O)OCC(=O)Nc1ccccc1I. The molecule has 7 heteroatoms. The number of ether oxygens (including phenoxy) is 2. The summed E-state index contributed by atoms with van der Waals surface area (Å²) in [6.07, 6.45) is -0.854. The number of benzene rings is 2. The van der Waals surface area contributed by atoms with Crippen molar-refractivity contribution in [2.75, 3.05) is 11.9 Å². The second-order valence-electron chi connectivity index (χ2n) is 4.85. The Morgan fingerprint density at radius 1 is 1.21 bits per heavy atom. The van der Waals surface area contributed by atoms with E-state index in [1.165, 1.54) is 0 Å². The first-order chi connectivity index (χ1) is 11.5. The normalized spacial score (nSPS) is 11.5. The van der Waals surface area contributed by atoms with E-state index in [1.54, 1.807) is 37.3 Å². The van der Waals surface area contributed by atoms with Crippen molar-refractivity contribution in [3.63, 3.8) is 0 Å². The van der Waals surface area contributed by atoms with Gasteiger partial charge in [0.1, 0.15) is 5.75 Å². The number of amides is 1. The molecular weight excluding hydrogens is 445 g/mol. The predicted octanol–water partition coefficient (Wildman–Crippen LogP) is 3.89. The smallest absolute Gasteiger partial charge is 0.347 e. The molecule has 0 saturated heterocycles. The van der Waals surface area contributed by atoms with E-state index in [1.807, 2.05) is 18.2 Å². The first kappa shape index (κ1) is 18.5. The van der Waals surface area contributed by atoms with Crippen LogP contribution in [0.4, 0.5) is 5.69 Å². The molecule has 0 radical (unpaired) electrons. The van der Waals surface area contributed by atoms with E-state index in [-0.39, 0.29) is 6.61 Å². The molecule has 2 aromatic carbocycles. The quantitative estimate of drug-likeness (QED) is 0.526. The summed E-state index contributed by atoms with van der Waals surface area (Å²) in [4.78, 5) is 23.7. The number of halogens is 2. The van der Waals surface area contributed by atoms with E-state index in [2.05, 4.69) is 27.9 Å². The van der Waals surface area contributed by atoms with Gasteiger partial charge in [0.2, 0.25) is 0 Å². The summed E-state index contributed by atoms with van der Waals surface area (Å²) in [5.74, 6) is -0.592. The van der Waals surface area contributed by atoms with Crippen LogP contribution >= 0.6 is 34.2 Å². The Labute approximate surface area is 158 Å². The molecule has 5 nitrogen and oxygen atoms in total. The summed E-state index contributed by atoms with van der Waals surface area (Å²) >= 11 is 7.96. The number of carbonyl (C=O) groups is 2. The molecular formula is C17H15ClINO4. The van der Waals surface area contributed by atoms with Gasteiger partial charge in [-0.25, -0.2) is 4.79 Å². The summed E-state index contributed by atoms with van der Waals surface area (Å²) in [7, 11) is 0. The number of anilines is 1. The lowest BCUT2D eigenvalue weighted by molar-refractivity contribution is -0.153. The maximum Gasteiger partial charge on any atom is 0.347 e. The summed E-state index contributed by atoms with van der Waals surface area (Å²) in [5, 5.41) is 3.18. The van der Waals surface area contributed by atoms with Crippen molar-refractivity contribution in [3.8, 4) is 5.75 Å². The van der Waals surface area contributed by atoms with Crippen molar-refractivity contribution in [2.24, 2.45) is 0 Å². The Kier molecular flexibility index (Phi) is 6.86. The van der Waals surface area contributed by atoms with E-state index in [9.17, 15) is 9.59 Å². The van der Waals surface area contributed by atoms with Crippen LogP contribution in [0.2, 0.25) is 5.02 Å². The lowest BCUT2D eigenvalue weighted by Crippen LogP contribution is -2.29. The molecule has 2 aromatic rings. The highest BCUT2D eigenvalue weighted by molar-refractivity contribution is 14.1. The van der Waals surface area contributed by atoms with Gasteiger partial charge in [0, 0.05) is 8.59 Å². The second kappa shape index (κ2) is 8.89. The molecule has 0 aliphatic heterocycles. The maximum atomic E-state index is 11.9. The molecule has 0 saturated carbocycles. The van der Waals surface area contributed by atoms with Crippen molar-refractivity contribution in [3.05, 3.63) is 57.1 Å². The molecule has 1 amide bonds. The van der Waals surface area contributed by atoms with Crippen molar-refractivity contribution >= 4 is 51.8 Å². The zero-order valence-electron chi connectivity index (χ0n) is 12.8. The average molecular weight is 460 g/mol. The monoisotopic (exact) mass is 459 g/mol. The lowest BCUT2D eigenvalue weighted by Gasteiger charge is -2.14. The van der Waals surface area contributed by atoms with Crippen LogP contribution in [0.1, 0.15) is 6.92 Å². The Balaban J connectivity index is 1.81. The molecule has 0 aliphatic carbocycles. The van der Waals surface area contributed by atoms with Gasteiger partial charge in [0.15, 0.2) is 12.7 Å². The van der Waals surface area contributed by atoms with E-state index in [0.29, 0.717) is 16.5 Å². The minimum absolute atomic E-state index is 0.382. The molecule has 0 spiro atoms. The molecule has 0 bridgehead atoms. The van der Waals surface area contributed by atoms with Gasteiger partial charge in [0.05, 0.1) is 5.69 Å². The lowest BCUT2D eigenvalue weighted by atomic mass is 10.3. The van der Waals surface area contributed by atoms with E-state index >= 15 is 0 Å². The Morgan fingerprint density at radius 2 is 1.96 bits per heavy atom. The molecule has 0 aliphatic rings. The van der Waals surface area contributed by atoms with Crippen LogP contribution in [-0.2, 0) is 14.3 Å². The summed E-state index contributed by atoms with van der Waals surface area (Å²) < 4.78 is 11.3. The molecule has 0 heterocycles. The fraction of sp³-hybridized carbons (Fsp3) is 0.176. The molecule has 1 N–H and O–H groups in total. The number of hydrogen-bond acceptors (Lipinski definition) is 4. The fourth-order valence-electron chi connectivity index (χ4n) is 1.80. The van der Waals surface area contributed by atoms with Gasteiger partial charge in [-0.1, -0.05) is 29.8 Å². The van der Waals surface area contributed by atoms with Gasteiger partial charge in [-0.05, 0) is 59.8 Å². The van der Waals surface area contributed by atoms with Crippen LogP contribution in [0.15, 0.2) is 48.5 Å². The number of hydrogen-bond donors (Lipinski definition) is 1. The molecule has 0 fully saturated rings. The van der Waals surface area contributed by atoms with Crippen LogP contribution in [0, 0.1) is 3.57 Å². The van der Waals surface area contributed by atoms with Gasteiger partial charge >= 0.3 is 5.97 Å². The Hall–Kier alpha value is -1.80. The van der Waals surface area contributed by atoms with Crippen molar-refractivity contribution in [1.82, 2.24) is 0 Å². The molecule has 2 rings (SSSR count). The van der Waals surface area contributed by atoms with Gasteiger partial charge in [-0.2, -0.15) is 0 Å². The predicted molar refractivity (Wildman–Crippen MR) is 100 cm³/mol. The van der Waals surface area contributed by atoms with Gasteiger partial charge in [0.25, 0.3) is 5.91 Å². The first-order valence-electron chi connectivity index (χ1n) is 7.09. The third kappa shape index (κ3) is 5.68. The van der Waals surface area contributed by atoms with Crippen LogP contribution < -0.4 is 10.1 Å². The second-order valence-corrected chi connectivity index (χ2v) is 6.45. The molecule has 1 unspecified atom stereocenters. The zero-order chi connectivity index (χ0) is 17.5. The molecule has 126 valence electrons. The van der Waals surface area contributed by atoms with E-state index in [4.69, 9.17) is 21.1 Å². The molecule has 1 atom stereocenters. The first-order valence-corrected chi connectivity index (χ1v) is 8.54.